The molecule has 0 spiro atoms. The van der Waals surface area contributed by atoms with Crippen molar-refractivity contribution in [2.75, 3.05) is 0 Å². The van der Waals surface area contributed by atoms with Crippen molar-refractivity contribution in [3.8, 4) is 5.75 Å². The maximum Gasteiger partial charge on any atom is 0.416 e. The van der Waals surface area contributed by atoms with E-state index in [9.17, 15) is 18.0 Å². The van der Waals surface area contributed by atoms with Crippen LogP contribution in [0.4, 0.5) is 13.2 Å². The number of hydrogen-bond acceptors (Lipinski definition) is 3. The van der Waals surface area contributed by atoms with E-state index in [0.717, 1.165) is 24.1 Å². The van der Waals surface area contributed by atoms with Crippen molar-refractivity contribution in [1.82, 2.24) is 4.98 Å². The van der Waals surface area contributed by atoms with E-state index in [1.54, 1.807) is 12.1 Å². The topological polar surface area (TPSA) is 39.2 Å². The van der Waals surface area contributed by atoms with Crippen LogP contribution in [0.25, 0.3) is 0 Å². The number of aryl methyl sites for hydroxylation is 1. The Labute approximate surface area is 142 Å². The summed E-state index contributed by atoms with van der Waals surface area (Å²) in [7, 11) is 0. The molecular formula is C17H15ClF3NO2. The van der Waals surface area contributed by atoms with E-state index >= 15 is 0 Å². The van der Waals surface area contributed by atoms with Crippen LogP contribution >= 0.6 is 11.6 Å². The lowest BCUT2D eigenvalue weighted by atomic mass is 10.1. The summed E-state index contributed by atoms with van der Waals surface area (Å²) in [5.41, 5.74) is 0.916. The monoisotopic (exact) mass is 357 g/mol. The molecule has 24 heavy (non-hydrogen) atoms. The van der Waals surface area contributed by atoms with Crippen LogP contribution in [0.15, 0.2) is 30.3 Å². The van der Waals surface area contributed by atoms with Crippen molar-refractivity contribution in [1.29, 1.82) is 0 Å². The number of carbonyl (C=O) groups is 1. The van der Waals surface area contributed by atoms with E-state index in [0.29, 0.717) is 11.4 Å². The molecule has 1 aromatic carbocycles. The minimum absolute atomic E-state index is 0.000789. The van der Waals surface area contributed by atoms with Crippen LogP contribution < -0.4 is 4.74 Å². The van der Waals surface area contributed by atoms with Gasteiger partial charge in [-0.05, 0) is 42.3 Å². The number of rotatable bonds is 5. The molecule has 0 amide bonds. The molecule has 0 aliphatic rings. The second-order valence-electron chi connectivity index (χ2n) is 5.19. The number of hydrogen-bond donors (Lipinski definition) is 0. The average Bonchev–Trinajstić information content (AvgIpc) is 2.52. The van der Waals surface area contributed by atoms with Crippen molar-refractivity contribution in [3.63, 3.8) is 0 Å². The molecule has 1 heterocycles. The molecule has 0 saturated carbocycles. The van der Waals surface area contributed by atoms with Gasteiger partial charge in [0.1, 0.15) is 18.1 Å². The zero-order chi connectivity index (χ0) is 17.9. The Hall–Kier alpha value is -2.08. The number of pyridine rings is 1. The van der Waals surface area contributed by atoms with Crippen LogP contribution in [0.3, 0.4) is 0 Å². The van der Waals surface area contributed by atoms with Gasteiger partial charge in [-0.1, -0.05) is 18.5 Å². The summed E-state index contributed by atoms with van der Waals surface area (Å²) in [5.74, 6) is -0.0446. The molecule has 0 unspecified atom stereocenters. The van der Waals surface area contributed by atoms with Gasteiger partial charge < -0.3 is 4.74 Å². The highest BCUT2D eigenvalue weighted by Gasteiger charge is 2.31. The molecule has 0 fully saturated rings. The maximum atomic E-state index is 12.6. The minimum Gasteiger partial charge on any atom is -0.486 e. The van der Waals surface area contributed by atoms with Crippen molar-refractivity contribution in [3.05, 3.63) is 57.9 Å². The quantitative estimate of drug-likeness (QED) is 0.699. The molecule has 0 atom stereocenters. The first-order valence-electron chi connectivity index (χ1n) is 7.21. The van der Waals surface area contributed by atoms with E-state index in [1.165, 1.54) is 13.0 Å². The molecule has 1 aromatic heterocycles. The Bertz CT molecular complexity index is 760. The Kier molecular flexibility index (Phi) is 5.49. The SMILES string of the molecule is CCc1cc(COc2ccc(C(F)(F)F)cc2Cl)nc(C(C)=O)c1. The smallest absolute Gasteiger partial charge is 0.416 e. The maximum absolute atomic E-state index is 12.6. The highest BCUT2D eigenvalue weighted by molar-refractivity contribution is 6.32. The van der Waals surface area contributed by atoms with Gasteiger partial charge in [-0.15, -0.1) is 0 Å². The summed E-state index contributed by atoms with van der Waals surface area (Å²) in [4.78, 5) is 15.7. The molecule has 0 saturated heterocycles. The summed E-state index contributed by atoms with van der Waals surface area (Å²) >= 11 is 5.84. The fourth-order valence-corrected chi connectivity index (χ4v) is 2.29. The number of ketones is 1. The molecule has 0 aliphatic carbocycles. The van der Waals surface area contributed by atoms with Gasteiger partial charge in [0.15, 0.2) is 5.78 Å². The molecule has 7 heteroatoms. The minimum atomic E-state index is -4.46. The second kappa shape index (κ2) is 7.21. The predicted molar refractivity (Wildman–Crippen MR) is 84.4 cm³/mol. The van der Waals surface area contributed by atoms with Crippen molar-refractivity contribution in [2.24, 2.45) is 0 Å². The van der Waals surface area contributed by atoms with Crippen molar-refractivity contribution in [2.45, 2.75) is 33.1 Å². The highest BCUT2D eigenvalue weighted by Crippen LogP contribution is 2.34. The van der Waals surface area contributed by atoms with Crippen LogP contribution in [-0.2, 0) is 19.2 Å². The fourth-order valence-electron chi connectivity index (χ4n) is 2.05. The van der Waals surface area contributed by atoms with Gasteiger partial charge in [0.2, 0.25) is 0 Å². The van der Waals surface area contributed by atoms with Crippen molar-refractivity contribution < 1.29 is 22.7 Å². The normalized spacial score (nSPS) is 11.4. The van der Waals surface area contributed by atoms with E-state index in [1.807, 2.05) is 6.92 Å². The molecule has 0 N–H and O–H groups in total. The summed E-state index contributed by atoms with van der Waals surface area (Å²) in [6, 6.07) is 6.37. The summed E-state index contributed by atoms with van der Waals surface area (Å²) < 4.78 is 43.3. The fraction of sp³-hybridized carbons (Fsp3) is 0.294. The number of alkyl halides is 3. The second-order valence-corrected chi connectivity index (χ2v) is 5.60. The summed E-state index contributed by atoms with van der Waals surface area (Å²) in [6.45, 7) is 3.36. The Morgan fingerprint density at radius 2 is 1.96 bits per heavy atom. The van der Waals surface area contributed by atoms with Gasteiger partial charge in [-0.3, -0.25) is 4.79 Å². The van der Waals surface area contributed by atoms with Crippen LogP contribution in [0.1, 0.15) is 41.2 Å². The summed E-state index contributed by atoms with van der Waals surface area (Å²) in [6.07, 6.45) is -3.74. The van der Waals surface area contributed by atoms with E-state index in [4.69, 9.17) is 16.3 Å². The van der Waals surface area contributed by atoms with Gasteiger partial charge in [-0.2, -0.15) is 13.2 Å². The number of halogens is 4. The first-order valence-corrected chi connectivity index (χ1v) is 7.58. The van der Waals surface area contributed by atoms with Crippen LogP contribution in [-0.4, -0.2) is 10.8 Å². The highest BCUT2D eigenvalue weighted by atomic mass is 35.5. The van der Waals surface area contributed by atoms with E-state index < -0.39 is 11.7 Å². The van der Waals surface area contributed by atoms with Crippen LogP contribution in [0, 0.1) is 0 Å². The number of nitrogens with zero attached hydrogens (tertiary/aromatic N) is 1. The van der Waals surface area contributed by atoms with Gasteiger partial charge in [0.25, 0.3) is 0 Å². The Morgan fingerprint density at radius 3 is 2.50 bits per heavy atom. The lowest BCUT2D eigenvalue weighted by molar-refractivity contribution is -0.137. The van der Waals surface area contributed by atoms with E-state index in [2.05, 4.69) is 4.98 Å². The number of Topliss-reactive ketones (excluding diaryl/α,β-unsaturated/α-hetero) is 1. The third-order valence-corrected chi connectivity index (χ3v) is 3.64. The zero-order valence-electron chi connectivity index (χ0n) is 13.1. The first kappa shape index (κ1) is 18.3. The average molecular weight is 358 g/mol. The number of aromatic nitrogens is 1. The summed E-state index contributed by atoms with van der Waals surface area (Å²) in [5, 5.41) is -0.136. The van der Waals surface area contributed by atoms with Gasteiger partial charge >= 0.3 is 6.18 Å². The largest absolute Gasteiger partial charge is 0.486 e. The molecule has 2 aromatic rings. The molecular weight excluding hydrogens is 343 g/mol. The lowest BCUT2D eigenvalue weighted by Crippen LogP contribution is -2.07. The van der Waals surface area contributed by atoms with Crippen molar-refractivity contribution >= 4 is 17.4 Å². The molecule has 0 bridgehead atoms. The van der Waals surface area contributed by atoms with E-state index in [-0.39, 0.29) is 23.2 Å². The predicted octanol–water partition coefficient (Wildman–Crippen LogP) is 5.10. The molecule has 0 radical (unpaired) electrons. The third-order valence-electron chi connectivity index (χ3n) is 3.34. The molecule has 2 rings (SSSR count). The molecule has 128 valence electrons. The number of benzene rings is 1. The zero-order valence-corrected chi connectivity index (χ0v) is 13.8. The standard InChI is InChI=1S/C17H15ClF3NO2/c1-3-11-6-13(22-15(7-11)10(2)23)9-24-16-5-4-12(8-14(16)18)17(19,20)21/h4-8H,3,9H2,1-2H3. The molecule has 0 aliphatic heterocycles. The third kappa shape index (κ3) is 4.47. The van der Waals surface area contributed by atoms with Gasteiger partial charge in [-0.25, -0.2) is 4.98 Å². The number of carbonyl (C=O) groups excluding carboxylic acids is 1. The van der Waals surface area contributed by atoms with Gasteiger partial charge in [0, 0.05) is 6.92 Å². The molecule has 3 nitrogen and oxygen atoms in total. The Balaban J connectivity index is 2.19. The van der Waals surface area contributed by atoms with Crippen LogP contribution in [0.2, 0.25) is 5.02 Å². The Morgan fingerprint density at radius 1 is 1.25 bits per heavy atom. The van der Waals surface area contributed by atoms with Gasteiger partial charge in [0.05, 0.1) is 16.3 Å². The first-order chi connectivity index (χ1) is 11.2. The number of ether oxygens (including phenoxy) is 1. The van der Waals surface area contributed by atoms with Crippen LogP contribution in [0.5, 0.6) is 5.75 Å². The lowest BCUT2D eigenvalue weighted by Gasteiger charge is -2.12.